The maximum absolute atomic E-state index is 12.9. The Morgan fingerprint density at radius 3 is 1.07 bits per heavy atom. The van der Waals surface area contributed by atoms with Crippen molar-refractivity contribution in [2.45, 2.75) is 315 Å². The molecular formula is C64H117O11P. The van der Waals surface area contributed by atoms with E-state index >= 15 is 0 Å². The number of allylic oxidation sites excluding steroid dienone is 8. The average molecular weight is 1090 g/mol. The summed E-state index contributed by atoms with van der Waals surface area (Å²) in [6.07, 6.45) is 63.5. The molecule has 0 aromatic carbocycles. The van der Waals surface area contributed by atoms with Gasteiger partial charge >= 0.3 is 25.7 Å². The van der Waals surface area contributed by atoms with Gasteiger partial charge in [0.05, 0.1) is 19.8 Å². The number of aliphatic hydroxyl groups is 1. The summed E-state index contributed by atoms with van der Waals surface area (Å²) in [6, 6.07) is 0. The zero-order chi connectivity index (χ0) is 55.5. The molecule has 0 aliphatic heterocycles. The first-order valence-corrected chi connectivity index (χ1v) is 33.0. The third kappa shape index (κ3) is 56.2. The van der Waals surface area contributed by atoms with Crippen LogP contribution in [0.1, 0.15) is 303 Å². The first-order valence-electron chi connectivity index (χ1n) is 31.5. The van der Waals surface area contributed by atoms with Gasteiger partial charge < -0.3 is 24.2 Å². The summed E-state index contributed by atoms with van der Waals surface area (Å²) >= 11 is 0. The maximum Gasteiger partial charge on any atom is 0.472 e. The van der Waals surface area contributed by atoms with Crippen LogP contribution in [0.4, 0.5) is 0 Å². The van der Waals surface area contributed by atoms with Crippen molar-refractivity contribution in [2.75, 3.05) is 26.4 Å². The molecule has 0 fully saturated rings. The average Bonchev–Trinajstić information content (AvgIpc) is 3.41. The summed E-state index contributed by atoms with van der Waals surface area (Å²) in [5.41, 5.74) is 0. The van der Waals surface area contributed by atoms with Crippen molar-refractivity contribution in [1.82, 2.24) is 0 Å². The number of carbonyl (C=O) groups excluding carboxylic acids is 3. The van der Waals surface area contributed by atoms with Crippen LogP contribution < -0.4 is 0 Å². The molecule has 3 atom stereocenters. The Morgan fingerprint density at radius 2 is 0.684 bits per heavy atom. The second kappa shape index (κ2) is 58.6. The van der Waals surface area contributed by atoms with Gasteiger partial charge in [0.25, 0.3) is 0 Å². The normalized spacial score (nSPS) is 13.6. The molecule has 12 heteroatoms. The molecule has 0 bridgehead atoms. The minimum Gasteiger partial charge on any atom is -0.462 e. The highest BCUT2D eigenvalue weighted by Crippen LogP contribution is 2.43. The van der Waals surface area contributed by atoms with Crippen LogP contribution in [-0.4, -0.2) is 66.5 Å². The Bertz CT molecular complexity index is 1460. The topological polar surface area (TPSA) is 155 Å². The van der Waals surface area contributed by atoms with E-state index in [0.29, 0.717) is 19.3 Å². The van der Waals surface area contributed by atoms with Crippen molar-refractivity contribution in [3.8, 4) is 0 Å². The number of ether oxygens (including phenoxy) is 3. The van der Waals surface area contributed by atoms with Crippen LogP contribution in [0.25, 0.3) is 0 Å². The van der Waals surface area contributed by atoms with Crippen LogP contribution in [0.5, 0.6) is 0 Å². The number of hydrogen-bond donors (Lipinski definition) is 2. The van der Waals surface area contributed by atoms with Gasteiger partial charge in [0.1, 0.15) is 12.7 Å². The zero-order valence-electron chi connectivity index (χ0n) is 49.2. The number of aliphatic hydroxyl groups excluding tert-OH is 1. The fourth-order valence-corrected chi connectivity index (χ4v) is 9.74. The van der Waals surface area contributed by atoms with Crippen molar-refractivity contribution in [2.24, 2.45) is 0 Å². The zero-order valence-corrected chi connectivity index (χ0v) is 50.1. The molecule has 0 amide bonds. The first-order chi connectivity index (χ1) is 37.2. The van der Waals surface area contributed by atoms with Crippen molar-refractivity contribution in [1.29, 1.82) is 0 Å². The Kier molecular flexibility index (Phi) is 56.6. The molecule has 0 aliphatic carbocycles. The van der Waals surface area contributed by atoms with Crippen LogP contribution >= 0.6 is 7.82 Å². The molecule has 11 nitrogen and oxygen atoms in total. The Morgan fingerprint density at radius 1 is 0.382 bits per heavy atom. The van der Waals surface area contributed by atoms with Crippen molar-refractivity contribution in [3.05, 3.63) is 48.6 Å². The number of hydrogen-bond acceptors (Lipinski definition) is 10. The fourth-order valence-electron chi connectivity index (χ4n) is 8.96. The summed E-state index contributed by atoms with van der Waals surface area (Å²) in [6.45, 7) is 4.56. The van der Waals surface area contributed by atoms with Gasteiger partial charge in [-0.25, -0.2) is 4.57 Å². The third-order valence-electron chi connectivity index (χ3n) is 13.7. The predicted molar refractivity (Wildman–Crippen MR) is 316 cm³/mol. The summed E-state index contributed by atoms with van der Waals surface area (Å²) in [7, 11) is -4.75. The first kappa shape index (κ1) is 73.4. The lowest BCUT2D eigenvalue weighted by molar-refractivity contribution is -0.161. The van der Waals surface area contributed by atoms with E-state index in [-0.39, 0.29) is 25.9 Å². The molecule has 0 aromatic rings. The van der Waals surface area contributed by atoms with Crippen LogP contribution in [0.15, 0.2) is 48.6 Å². The van der Waals surface area contributed by atoms with E-state index in [0.717, 1.165) is 89.9 Å². The van der Waals surface area contributed by atoms with Gasteiger partial charge in [-0.15, -0.1) is 0 Å². The lowest BCUT2D eigenvalue weighted by Gasteiger charge is -2.21. The van der Waals surface area contributed by atoms with E-state index in [9.17, 15) is 28.9 Å². The number of rotatable bonds is 59. The van der Waals surface area contributed by atoms with Gasteiger partial charge in [0.2, 0.25) is 0 Å². The summed E-state index contributed by atoms with van der Waals surface area (Å²) < 4.78 is 39.6. The SMILES string of the molecule is CC/C=C\C/C=C\C/C=C\CCCCCCCC(=O)OCC(COP(=O)(O)OCC(CO)OC(=O)CCCCCCCCCCCCCCCCC)OC(=O)CCCCCCCCCCC/C=C\CCCCCCCC. The number of phosphoric ester groups is 1. The van der Waals surface area contributed by atoms with Gasteiger partial charge in [0, 0.05) is 19.3 Å². The minimum atomic E-state index is -4.75. The van der Waals surface area contributed by atoms with Gasteiger partial charge in [0.15, 0.2) is 6.10 Å². The van der Waals surface area contributed by atoms with E-state index in [4.69, 9.17) is 23.3 Å². The molecule has 0 aliphatic rings. The standard InChI is InChI=1S/C64H117O11P/c1-4-7-10-13-16-19-22-25-28-29-30-31-34-37-40-43-46-49-52-55-64(68)75-61(57-71-62(66)53-50-47-44-41-38-35-32-26-23-20-17-14-11-8-5-2)59-73-76(69,70)72-58-60(56-65)74-63(67)54-51-48-45-42-39-36-33-27-24-21-18-15-12-9-6-3/h8,11,17,20,25-26,28,32,60-61,65H,4-7,9-10,12-16,18-19,21-24,27,29-31,33-59H2,1-3H3,(H,69,70)/b11-8-,20-17-,28-25-,32-26-. The lowest BCUT2D eigenvalue weighted by atomic mass is 10.0. The summed E-state index contributed by atoms with van der Waals surface area (Å²) in [5, 5.41) is 9.84. The fraction of sp³-hybridized carbons (Fsp3) is 0.828. The van der Waals surface area contributed by atoms with Crippen molar-refractivity contribution < 1.29 is 52.2 Å². The highest BCUT2D eigenvalue weighted by Gasteiger charge is 2.28. The largest absolute Gasteiger partial charge is 0.472 e. The highest BCUT2D eigenvalue weighted by molar-refractivity contribution is 7.47. The molecule has 0 spiro atoms. The molecule has 0 saturated heterocycles. The molecule has 0 radical (unpaired) electrons. The molecule has 3 unspecified atom stereocenters. The minimum absolute atomic E-state index is 0.164. The van der Waals surface area contributed by atoms with E-state index in [2.05, 4.69) is 69.4 Å². The van der Waals surface area contributed by atoms with Crippen molar-refractivity contribution >= 4 is 25.7 Å². The molecular weight excluding hydrogens is 976 g/mol. The third-order valence-corrected chi connectivity index (χ3v) is 14.7. The van der Waals surface area contributed by atoms with Crippen molar-refractivity contribution in [3.63, 3.8) is 0 Å². The quantitative estimate of drug-likeness (QED) is 0.0197. The van der Waals surface area contributed by atoms with Gasteiger partial charge in [-0.2, -0.15) is 0 Å². The van der Waals surface area contributed by atoms with Gasteiger partial charge in [-0.05, 0) is 77.0 Å². The smallest absolute Gasteiger partial charge is 0.462 e. The molecule has 0 saturated carbocycles. The highest BCUT2D eigenvalue weighted by atomic mass is 31.2. The van der Waals surface area contributed by atoms with Crippen LogP contribution in [0.3, 0.4) is 0 Å². The summed E-state index contributed by atoms with van der Waals surface area (Å²) in [4.78, 5) is 48.7. The van der Waals surface area contributed by atoms with Crippen LogP contribution in [0, 0.1) is 0 Å². The molecule has 0 rings (SSSR count). The molecule has 444 valence electrons. The predicted octanol–water partition coefficient (Wildman–Crippen LogP) is 18.9. The Hall–Kier alpha value is -2.56. The number of phosphoric acid groups is 1. The second-order valence-electron chi connectivity index (χ2n) is 21.2. The van der Waals surface area contributed by atoms with E-state index < -0.39 is 57.8 Å². The monoisotopic (exact) mass is 1090 g/mol. The van der Waals surface area contributed by atoms with Gasteiger partial charge in [-0.3, -0.25) is 23.4 Å². The molecule has 76 heavy (non-hydrogen) atoms. The number of carbonyl (C=O) groups is 3. The maximum atomic E-state index is 12.9. The number of unbranched alkanes of at least 4 members (excludes halogenated alkanes) is 34. The lowest BCUT2D eigenvalue weighted by Crippen LogP contribution is -2.30. The van der Waals surface area contributed by atoms with Crippen LogP contribution in [-0.2, 0) is 42.2 Å². The Balaban J connectivity index is 4.69. The number of esters is 3. The van der Waals surface area contributed by atoms with E-state index in [1.807, 2.05) is 0 Å². The Labute approximate surface area is 466 Å². The van der Waals surface area contributed by atoms with E-state index in [1.54, 1.807) is 0 Å². The molecule has 0 heterocycles. The van der Waals surface area contributed by atoms with Gasteiger partial charge in [-0.1, -0.05) is 256 Å². The second-order valence-corrected chi connectivity index (χ2v) is 22.7. The molecule has 2 N–H and O–H groups in total. The summed E-state index contributed by atoms with van der Waals surface area (Å²) in [5.74, 6) is -1.47. The molecule has 0 aromatic heterocycles. The van der Waals surface area contributed by atoms with E-state index in [1.165, 1.54) is 154 Å². The van der Waals surface area contributed by atoms with Crippen LogP contribution in [0.2, 0.25) is 0 Å².